The van der Waals surface area contributed by atoms with Crippen LogP contribution >= 0.6 is 0 Å². The molecular weight excluding hydrogens is 452 g/mol. The second-order valence-electron chi connectivity index (χ2n) is 8.43. The van der Waals surface area contributed by atoms with Gasteiger partial charge in [-0.05, 0) is 51.5 Å². The summed E-state index contributed by atoms with van der Waals surface area (Å²) >= 11 is 0. The van der Waals surface area contributed by atoms with E-state index in [4.69, 9.17) is 0 Å². The third kappa shape index (κ3) is 6.54. The Morgan fingerprint density at radius 2 is 1.74 bits per heavy atom. The molecule has 0 aliphatic rings. The Morgan fingerprint density at radius 1 is 1.03 bits per heavy atom. The molecular formula is C25H30N4O4S. The van der Waals surface area contributed by atoms with Gasteiger partial charge in [0.05, 0.1) is 17.1 Å². The Morgan fingerprint density at radius 3 is 2.38 bits per heavy atom. The molecule has 0 radical (unpaired) electrons. The summed E-state index contributed by atoms with van der Waals surface area (Å²) in [5.41, 5.74) is 4.76. The highest BCUT2D eigenvalue weighted by Gasteiger charge is 2.24. The van der Waals surface area contributed by atoms with Gasteiger partial charge in [0, 0.05) is 29.6 Å². The lowest BCUT2D eigenvalue weighted by atomic mass is 10.1. The Labute approximate surface area is 200 Å². The molecule has 8 nitrogen and oxygen atoms in total. The second-order valence-corrected chi connectivity index (χ2v) is 10.7. The molecule has 1 aromatic heterocycles. The molecule has 0 bridgehead atoms. The number of nitrogens with zero attached hydrogens (tertiary/aromatic N) is 2. The van der Waals surface area contributed by atoms with Crippen molar-refractivity contribution in [2.45, 2.75) is 39.8 Å². The Balaban J connectivity index is 1.75. The van der Waals surface area contributed by atoms with E-state index in [1.807, 2.05) is 61.9 Å². The number of rotatable bonds is 9. The molecule has 3 aromatic rings. The zero-order valence-corrected chi connectivity index (χ0v) is 20.6. The molecule has 0 saturated carbocycles. The standard InChI is InChI=1S/C25H30N4O4S/c1-17-9-8-10-20(15-17)24(30)27-23(13-14-34(4,32)33)25(31)26-16-22-18(2)28-29(19(22)3)21-11-6-5-7-12-21/h5-12,15,23H,13-14,16H2,1-4H3,(H,26,31)(H,27,30)/t23-/m0/s1. The summed E-state index contributed by atoms with van der Waals surface area (Å²) in [4.78, 5) is 25.7. The van der Waals surface area contributed by atoms with E-state index in [-0.39, 0.29) is 18.7 Å². The fourth-order valence-electron chi connectivity index (χ4n) is 3.68. The summed E-state index contributed by atoms with van der Waals surface area (Å²) < 4.78 is 25.2. The molecule has 9 heteroatoms. The lowest BCUT2D eigenvalue weighted by Crippen LogP contribution is -2.47. The molecule has 2 amide bonds. The normalized spacial score (nSPS) is 12.2. The number of benzene rings is 2. The molecule has 3 rings (SSSR count). The maximum Gasteiger partial charge on any atom is 0.251 e. The summed E-state index contributed by atoms with van der Waals surface area (Å²) in [6, 6.07) is 15.7. The van der Waals surface area contributed by atoms with E-state index in [1.54, 1.807) is 18.2 Å². The number of aromatic nitrogens is 2. The summed E-state index contributed by atoms with van der Waals surface area (Å²) in [5, 5.41) is 10.1. The molecule has 0 spiro atoms. The number of amides is 2. The van der Waals surface area contributed by atoms with Crippen molar-refractivity contribution in [3.8, 4) is 5.69 Å². The molecule has 2 aromatic carbocycles. The van der Waals surface area contributed by atoms with Crippen molar-refractivity contribution >= 4 is 21.7 Å². The highest BCUT2D eigenvalue weighted by atomic mass is 32.2. The molecule has 34 heavy (non-hydrogen) atoms. The van der Waals surface area contributed by atoms with Gasteiger partial charge in [0.2, 0.25) is 5.91 Å². The molecule has 0 fully saturated rings. The minimum absolute atomic E-state index is 0.0243. The fourth-order valence-corrected chi connectivity index (χ4v) is 4.34. The second kappa shape index (κ2) is 10.6. The van der Waals surface area contributed by atoms with Gasteiger partial charge < -0.3 is 10.6 Å². The van der Waals surface area contributed by atoms with Crippen LogP contribution in [0.15, 0.2) is 54.6 Å². The van der Waals surface area contributed by atoms with Crippen LogP contribution in [-0.2, 0) is 21.2 Å². The first-order valence-corrected chi connectivity index (χ1v) is 13.0. The summed E-state index contributed by atoms with van der Waals surface area (Å²) in [7, 11) is -3.31. The van der Waals surface area contributed by atoms with Gasteiger partial charge in [-0.2, -0.15) is 5.10 Å². The van der Waals surface area contributed by atoms with Crippen molar-refractivity contribution in [2.24, 2.45) is 0 Å². The highest BCUT2D eigenvalue weighted by Crippen LogP contribution is 2.17. The number of para-hydroxylation sites is 1. The number of carbonyl (C=O) groups excluding carboxylic acids is 2. The smallest absolute Gasteiger partial charge is 0.251 e. The number of carbonyl (C=O) groups is 2. The van der Waals surface area contributed by atoms with Gasteiger partial charge in [0.25, 0.3) is 5.91 Å². The summed E-state index contributed by atoms with van der Waals surface area (Å²) in [6.45, 7) is 5.87. The van der Waals surface area contributed by atoms with Crippen molar-refractivity contribution < 1.29 is 18.0 Å². The van der Waals surface area contributed by atoms with E-state index in [9.17, 15) is 18.0 Å². The van der Waals surface area contributed by atoms with Gasteiger partial charge in [-0.15, -0.1) is 0 Å². The molecule has 0 unspecified atom stereocenters. The maximum atomic E-state index is 13.0. The number of hydrogen-bond donors (Lipinski definition) is 2. The average molecular weight is 483 g/mol. The maximum absolute atomic E-state index is 13.0. The van der Waals surface area contributed by atoms with Crippen LogP contribution in [-0.4, -0.2) is 48.1 Å². The number of nitrogens with one attached hydrogen (secondary N) is 2. The van der Waals surface area contributed by atoms with Crippen molar-refractivity contribution in [1.82, 2.24) is 20.4 Å². The van der Waals surface area contributed by atoms with Crippen molar-refractivity contribution in [2.75, 3.05) is 12.0 Å². The SMILES string of the molecule is Cc1cccc(C(=O)N[C@@H](CCS(C)(=O)=O)C(=O)NCc2c(C)nn(-c3ccccc3)c2C)c1. The first-order valence-electron chi connectivity index (χ1n) is 11.0. The topological polar surface area (TPSA) is 110 Å². The molecule has 2 N–H and O–H groups in total. The molecule has 180 valence electrons. The highest BCUT2D eigenvalue weighted by molar-refractivity contribution is 7.90. The Kier molecular flexibility index (Phi) is 7.88. The summed E-state index contributed by atoms with van der Waals surface area (Å²) in [6.07, 6.45) is 1.08. The molecule has 1 heterocycles. The fraction of sp³-hybridized carbons (Fsp3) is 0.320. The van der Waals surface area contributed by atoms with E-state index in [2.05, 4.69) is 15.7 Å². The van der Waals surface area contributed by atoms with Crippen LogP contribution in [0.5, 0.6) is 0 Å². The van der Waals surface area contributed by atoms with Gasteiger partial charge >= 0.3 is 0 Å². The van der Waals surface area contributed by atoms with Gasteiger partial charge in [0.15, 0.2) is 0 Å². The zero-order valence-electron chi connectivity index (χ0n) is 19.8. The van der Waals surface area contributed by atoms with Crippen LogP contribution in [0.2, 0.25) is 0 Å². The van der Waals surface area contributed by atoms with Gasteiger partial charge in [-0.25, -0.2) is 13.1 Å². The molecule has 0 aliphatic carbocycles. The largest absolute Gasteiger partial charge is 0.350 e. The molecule has 1 atom stereocenters. The van der Waals surface area contributed by atoms with E-state index in [0.29, 0.717) is 5.56 Å². The molecule has 0 saturated heterocycles. The Hall–Kier alpha value is -3.46. The predicted octanol–water partition coefficient (Wildman–Crippen LogP) is 2.65. The number of sulfone groups is 1. The van der Waals surface area contributed by atoms with E-state index in [0.717, 1.165) is 34.5 Å². The third-order valence-electron chi connectivity index (χ3n) is 5.56. The number of hydrogen-bond acceptors (Lipinski definition) is 5. The van der Waals surface area contributed by atoms with Crippen LogP contribution in [0.25, 0.3) is 5.69 Å². The van der Waals surface area contributed by atoms with Crippen LogP contribution in [0, 0.1) is 20.8 Å². The van der Waals surface area contributed by atoms with Gasteiger partial charge in [-0.1, -0.05) is 35.9 Å². The molecule has 0 aliphatic heterocycles. The van der Waals surface area contributed by atoms with E-state index in [1.165, 1.54) is 0 Å². The summed E-state index contributed by atoms with van der Waals surface area (Å²) in [5.74, 6) is -1.10. The Bertz CT molecular complexity index is 1280. The first-order chi connectivity index (χ1) is 16.0. The third-order valence-corrected chi connectivity index (χ3v) is 6.54. The van der Waals surface area contributed by atoms with Crippen LogP contribution in [0.3, 0.4) is 0 Å². The lowest BCUT2D eigenvalue weighted by Gasteiger charge is -2.18. The quantitative estimate of drug-likeness (QED) is 0.487. The minimum atomic E-state index is -3.31. The van der Waals surface area contributed by atoms with Crippen molar-refractivity contribution in [3.63, 3.8) is 0 Å². The number of aryl methyl sites for hydroxylation is 2. The van der Waals surface area contributed by atoms with E-state index < -0.39 is 27.7 Å². The van der Waals surface area contributed by atoms with Gasteiger partial charge in [0.1, 0.15) is 15.9 Å². The monoisotopic (exact) mass is 482 g/mol. The zero-order chi connectivity index (χ0) is 24.9. The predicted molar refractivity (Wildman–Crippen MR) is 132 cm³/mol. The van der Waals surface area contributed by atoms with Gasteiger partial charge in [-0.3, -0.25) is 9.59 Å². The van der Waals surface area contributed by atoms with Crippen LogP contribution in [0.1, 0.15) is 39.3 Å². The van der Waals surface area contributed by atoms with Crippen molar-refractivity contribution in [1.29, 1.82) is 0 Å². The van der Waals surface area contributed by atoms with Crippen LogP contribution < -0.4 is 10.6 Å². The average Bonchev–Trinajstić information content (AvgIpc) is 3.08. The lowest BCUT2D eigenvalue weighted by molar-refractivity contribution is -0.123. The minimum Gasteiger partial charge on any atom is -0.350 e. The van der Waals surface area contributed by atoms with Crippen molar-refractivity contribution in [3.05, 3.63) is 82.7 Å². The van der Waals surface area contributed by atoms with E-state index >= 15 is 0 Å². The van der Waals surface area contributed by atoms with Crippen LogP contribution in [0.4, 0.5) is 0 Å². The first kappa shape index (κ1) is 25.2.